The lowest BCUT2D eigenvalue weighted by molar-refractivity contribution is -0.144. The Balaban J connectivity index is 2.54. The van der Waals surface area contributed by atoms with E-state index in [4.69, 9.17) is 4.74 Å². The summed E-state index contributed by atoms with van der Waals surface area (Å²) in [6, 6.07) is 6.17. The summed E-state index contributed by atoms with van der Waals surface area (Å²) in [6.07, 6.45) is 1.22. The Hall–Kier alpha value is -1.55. The van der Waals surface area contributed by atoms with Crippen molar-refractivity contribution in [3.63, 3.8) is 0 Å². The molecule has 0 aromatic heterocycles. The molecule has 1 unspecified atom stereocenters. The zero-order chi connectivity index (χ0) is 16.0. The number of hydrogen-bond acceptors (Lipinski definition) is 3. The fraction of sp³-hybridized carbons (Fsp3) is 0.588. The first-order valence-corrected chi connectivity index (χ1v) is 7.46. The van der Waals surface area contributed by atoms with Crippen molar-refractivity contribution in [1.82, 2.24) is 5.32 Å². The van der Waals surface area contributed by atoms with Crippen LogP contribution in [0.1, 0.15) is 44.7 Å². The summed E-state index contributed by atoms with van der Waals surface area (Å²) >= 11 is 0. The summed E-state index contributed by atoms with van der Waals surface area (Å²) < 4.78 is 5.83. The molecule has 0 saturated heterocycles. The van der Waals surface area contributed by atoms with Crippen LogP contribution in [0.15, 0.2) is 18.2 Å². The van der Waals surface area contributed by atoms with Crippen LogP contribution in [0, 0.1) is 13.8 Å². The number of nitrogens with one attached hydrogen (secondary N) is 1. The minimum atomic E-state index is -0.904. The third-order valence-electron chi connectivity index (χ3n) is 3.56. The quantitative estimate of drug-likeness (QED) is 0.722. The molecule has 4 nitrogen and oxygen atoms in total. The van der Waals surface area contributed by atoms with Gasteiger partial charge in [-0.05, 0) is 58.6 Å². The maximum absolute atomic E-state index is 11.4. The Labute approximate surface area is 127 Å². The van der Waals surface area contributed by atoms with Crippen LogP contribution in [-0.4, -0.2) is 29.3 Å². The highest BCUT2D eigenvalue weighted by Crippen LogP contribution is 2.23. The largest absolute Gasteiger partial charge is 0.493 e. The van der Waals surface area contributed by atoms with E-state index in [-0.39, 0.29) is 6.04 Å². The number of carboxylic acids is 1. The second-order valence-electron chi connectivity index (χ2n) is 6.11. The average Bonchev–Trinajstić information content (AvgIpc) is 2.36. The van der Waals surface area contributed by atoms with Crippen molar-refractivity contribution in [2.45, 2.75) is 59.0 Å². The number of ether oxygens (including phenoxy) is 1. The van der Waals surface area contributed by atoms with E-state index < -0.39 is 11.5 Å². The van der Waals surface area contributed by atoms with Gasteiger partial charge in [-0.3, -0.25) is 10.1 Å². The number of rotatable bonds is 8. The third-order valence-corrected chi connectivity index (χ3v) is 3.56. The van der Waals surface area contributed by atoms with E-state index in [2.05, 4.69) is 5.32 Å². The van der Waals surface area contributed by atoms with E-state index in [0.717, 1.165) is 16.9 Å². The smallest absolute Gasteiger partial charge is 0.323 e. The summed E-state index contributed by atoms with van der Waals surface area (Å²) in [7, 11) is 0. The van der Waals surface area contributed by atoms with Crippen LogP contribution in [0.2, 0.25) is 0 Å². The van der Waals surface area contributed by atoms with Gasteiger partial charge in [0.2, 0.25) is 0 Å². The lowest BCUT2D eigenvalue weighted by Gasteiger charge is -2.28. The standard InChI is InChI=1S/C17H27NO3/c1-12(2)18-17(5,16(19)20)10-7-11-21-15-13(3)8-6-9-14(15)4/h6,8-9,12,18H,7,10-11H2,1-5H3,(H,19,20). The minimum absolute atomic E-state index is 0.130. The third kappa shape index (κ3) is 5.05. The number of carboxylic acid groups (broad SMARTS) is 1. The molecular formula is C17H27NO3. The van der Waals surface area contributed by atoms with Gasteiger partial charge in [-0.15, -0.1) is 0 Å². The van der Waals surface area contributed by atoms with Gasteiger partial charge in [0.25, 0.3) is 0 Å². The van der Waals surface area contributed by atoms with Crippen LogP contribution in [0.4, 0.5) is 0 Å². The second-order valence-corrected chi connectivity index (χ2v) is 6.11. The number of para-hydroxylation sites is 1. The van der Waals surface area contributed by atoms with Crippen LogP contribution in [0.5, 0.6) is 5.75 Å². The molecule has 2 N–H and O–H groups in total. The molecule has 0 amide bonds. The Bertz CT molecular complexity index is 465. The minimum Gasteiger partial charge on any atom is -0.493 e. The summed E-state index contributed by atoms with van der Waals surface area (Å²) in [5.41, 5.74) is 1.31. The van der Waals surface area contributed by atoms with Crippen molar-refractivity contribution >= 4 is 5.97 Å². The SMILES string of the molecule is Cc1cccc(C)c1OCCCC(C)(NC(C)C)C(=O)O. The van der Waals surface area contributed by atoms with Gasteiger partial charge in [-0.2, -0.15) is 0 Å². The molecule has 1 atom stereocenters. The summed E-state index contributed by atoms with van der Waals surface area (Å²) in [4.78, 5) is 11.4. The lowest BCUT2D eigenvalue weighted by Crippen LogP contribution is -2.52. The second kappa shape index (κ2) is 7.46. The van der Waals surface area contributed by atoms with Gasteiger partial charge in [0.15, 0.2) is 0 Å². The fourth-order valence-electron chi connectivity index (χ4n) is 2.50. The van der Waals surface area contributed by atoms with Gasteiger partial charge < -0.3 is 9.84 Å². The predicted octanol–water partition coefficient (Wildman–Crippen LogP) is 3.30. The van der Waals surface area contributed by atoms with Gasteiger partial charge in [0.05, 0.1) is 6.61 Å². The summed E-state index contributed by atoms with van der Waals surface area (Å²) in [5, 5.41) is 12.5. The Morgan fingerprint density at radius 1 is 1.33 bits per heavy atom. The Kier molecular flexibility index (Phi) is 6.21. The molecule has 0 aliphatic carbocycles. The molecule has 4 heteroatoms. The van der Waals surface area contributed by atoms with Crippen LogP contribution in [-0.2, 0) is 4.79 Å². The summed E-state index contributed by atoms with van der Waals surface area (Å²) in [6.45, 7) is 10.2. The Morgan fingerprint density at radius 3 is 2.38 bits per heavy atom. The average molecular weight is 293 g/mol. The van der Waals surface area contributed by atoms with Gasteiger partial charge in [-0.25, -0.2) is 0 Å². The van der Waals surface area contributed by atoms with Crippen LogP contribution in [0.3, 0.4) is 0 Å². The highest BCUT2D eigenvalue weighted by atomic mass is 16.5. The molecule has 0 bridgehead atoms. The molecule has 0 aliphatic rings. The normalized spacial score (nSPS) is 14.0. The zero-order valence-electron chi connectivity index (χ0n) is 13.7. The molecule has 1 rings (SSSR count). The first-order chi connectivity index (χ1) is 9.76. The van der Waals surface area contributed by atoms with Crippen molar-refractivity contribution in [2.75, 3.05) is 6.61 Å². The van der Waals surface area contributed by atoms with Gasteiger partial charge in [0.1, 0.15) is 11.3 Å². The van der Waals surface area contributed by atoms with Crippen LogP contribution < -0.4 is 10.1 Å². The van der Waals surface area contributed by atoms with E-state index in [1.165, 1.54) is 0 Å². The molecule has 0 heterocycles. The van der Waals surface area contributed by atoms with Crippen LogP contribution >= 0.6 is 0 Å². The van der Waals surface area contributed by atoms with E-state index in [0.29, 0.717) is 19.4 Å². The van der Waals surface area contributed by atoms with Crippen LogP contribution in [0.25, 0.3) is 0 Å². The molecule has 1 aromatic carbocycles. The maximum Gasteiger partial charge on any atom is 0.323 e. The molecule has 0 radical (unpaired) electrons. The van der Waals surface area contributed by atoms with E-state index >= 15 is 0 Å². The molecule has 0 spiro atoms. The molecule has 1 aromatic rings. The van der Waals surface area contributed by atoms with Gasteiger partial charge >= 0.3 is 5.97 Å². The number of aryl methyl sites for hydroxylation is 2. The van der Waals surface area contributed by atoms with E-state index in [9.17, 15) is 9.90 Å². The molecule has 0 aliphatic heterocycles. The van der Waals surface area contributed by atoms with Crippen molar-refractivity contribution in [2.24, 2.45) is 0 Å². The van der Waals surface area contributed by atoms with Crippen molar-refractivity contribution < 1.29 is 14.6 Å². The number of hydrogen-bond donors (Lipinski definition) is 2. The number of aliphatic carboxylic acids is 1. The molecule has 21 heavy (non-hydrogen) atoms. The number of carbonyl (C=O) groups is 1. The molecule has 118 valence electrons. The number of benzene rings is 1. The van der Waals surface area contributed by atoms with Crippen molar-refractivity contribution in [3.05, 3.63) is 29.3 Å². The maximum atomic E-state index is 11.4. The summed E-state index contributed by atoms with van der Waals surface area (Å²) in [5.74, 6) is 0.0922. The first kappa shape index (κ1) is 17.5. The zero-order valence-corrected chi connectivity index (χ0v) is 13.7. The van der Waals surface area contributed by atoms with Gasteiger partial charge in [0, 0.05) is 6.04 Å². The van der Waals surface area contributed by atoms with Crippen molar-refractivity contribution in [1.29, 1.82) is 0 Å². The highest BCUT2D eigenvalue weighted by molar-refractivity contribution is 5.78. The molecule has 0 saturated carbocycles. The lowest BCUT2D eigenvalue weighted by atomic mass is 9.95. The first-order valence-electron chi connectivity index (χ1n) is 7.46. The van der Waals surface area contributed by atoms with Gasteiger partial charge in [-0.1, -0.05) is 18.2 Å². The van der Waals surface area contributed by atoms with E-state index in [1.807, 2.05) is 45.9 Å². The monoisotopic (exact) mass is 293 g/mol. The van der Waals surface area contributed by atoms with Crippen molar-refractivity contribution in [3.8, 4) is 5.75 Å². The predicted molar refractivity (Wildman–Crippen MR) is 85.0 cm³/mol. The molecular weight excluding hydrogens is 266 g/mol. The fourth-order valence-corrected chi connectivity index (χ4v) is 2.50. The Morgan fingerprint density at radius 2 is 1.90 bits per heavy atom. The topological polar surface area (TPSA) is 58.6 Å². The highest BCUT2D eigenvalue weighted by Gasteiger charge is 2.32. The van der Waals surface area contributed by atoms with E-state index in [1.54, 1.807) is 6.92 Å². The molecule has 0 fully saturated rings.